The fraction of sp³-hybridized carbons (Fsp3) is 0.310. The van der Waals surface area contributed by atoms with Gasteiger partial charge in [-0.05, 0) is 49.2 Å². The van der Waals surface area contributed by atoms with Crippen molar-refractivity contribution in [2.24, 2.45) is 0 Å². The molecular weight excluding hydrogens is 456 g/mol. The number of benzene rings is 3. The van der Waals surface area contributed by atoms with Gasteiger partial charge in [0.1, 0.15) is 11.9 Å². The van der Waals surface area contributed by atoms with Crippen molar-refractivity contribution in [2.75, 3.05) is 19.1 Å². The van der Waals surface area contributed by atoms with Crippen LogP contribution in [-0.4, -0.2) is 48.8 Å². The van der Waals surface area contributed by atoms with Gasteiger partial charge in [-0.1, -0.05) is 60.7 Å². The van der Waals surface area contributed by atoms with Crippen molar-refractivity contribution in [2.45, 2.75) is 43.9 Å². The van der Waals surface area contributed by atoms with E-state index in [1.807, 2.05) is 91.9 Å². The Morgan fingerprint density at radius 2 is 1.44 bits per heavy atom. The highest BCUT2D eigenvalue weighted by Crippen LogP contribution is 2.45. The number of carbonyl (C=O) groups excluding carboxylic acids is 2. The van der Waals surface area contributed by atoms with Gasteiger partial charge in [0, 0.05) is 12.7 Å². The molecule has 0 radical (unpaired) electrons. The Balaban J connectivity index is 1.47. The van der Waals surface area contributed by atoms with Crippen LogP contribution in [0.3, 0.4) is 0 Å². The highest BCUT2D eigenvalue weighted by molar-refractivity contribution is 6.05. The Hall–Kier alpha value is -3.68. The lowest BCUT2D eigenvalue weighted by Gasteiger charge is -2.52. The first-order chi connectivity index (χ1) is 17.3. The molecule has 2 aliphatic rings. The lowest BCUT2D eigenvalue weighted by atomic mass is 9.89. The number of β-lactam (4-membered cyclic amide) rings is 1. The number of anilines is 1. The van der Waals surface area contributed by atoms with Gasteiger partial charge in [-0.2, -0.15) is 0 Å². The van der Waals surface area contributed by atoms with Crippen LogP contribution in [-0.2, 0) is 19.1 Å². The number of hydrogen-bond donors (Lipinski definition) is 0. The Bertz CT molecular complexity index is 1230. The summed E-state index contributed by atoms with van der Waals surface area (Å²) >= 11 is 0. The molecular formula is C29H30N2O5. The van der Waals surface area contributed by atoms with E-state index in [1.54, 1.807) is 30.9 Å². The Morgan fingerprint density at radius 1 is 0.861 bits per heavy atom. The summed E-state index contributed by atoms with van der Waals surface area (Å²) in [6, 6.07) is 26.1. The van der Waals surface area contributed by atoms with Crippen LogP contribution < -0.4 is 9.64 Å². The van der Waals surface area contributed by atoms with Crippen molar-refractivity contribution in [3.8, 4) is 5.75 Å². The van der Waals surface area contributed by atoms with Crippen molar-refractivity contribution in [1.82, 2.24) is 4.90 Å². The molecule has 0 N–H and O–H groups in total. The predicted molar refractivity (Wildman–Crippen MR) is 135 cm³/mol. The normalized spacial score (nSPS) is 28.1. The van der Waals surface area contributed by atoms with Gasteiger partial charge in [-0.25, -0.2) is 0 Å². The summed E-state index contributed by atoms with van der Waals surface area (Å²) in [7, 11) is 3.34. The summed E-state index contributed by atoms with van der Waals surface area (Å²) in [5.74, 6) is -1.47. The molecule has 186 valence electrons. The van der Waals surface area contributed by atoms with Crippen LogP contribution in [0.4, 0.5) is 5.69 Å². The predicted octanol–water partition coefficient (Wildman–Crippen LogP) is 4.50. The van der Waals surface area contributed by atoms with Crippen LogP contribution in [0.25, 0.3) is 0 Å². The topological polar surface area (TPSA) is 68.3 Å². The maximum absolute atomic E-state index is 13.5. The zero-order valence-corrected chi connectivity index (χ0v) is 20.8. The van der Waals surface area contributed by atoms with E-state index < -0.39 is 24.0 Å². The maximum atomic E-state index is 13.5. The number of rotatable bonds is 6. The molecule has 2 heterocycles. The summed E-state index contributed by atoms with van der Waals surface area (Å²) in [4.78, 5) is 30.3. The number of morpholine rings is 1. The first-order valence-corrected chi connectivity index (χ1v) is 12.0. The molecule has 0 saturated carbocycles. The minimum Gasteiger partial charge on any atom is -0.497 e. The summed E-state index contributed by atoms with van der Waals surface area (Å²) < 4.78 is 18.0. The number of amides is 2. The lowest BCUT2D eigenvalue weighted by molar-refractivity contribution is -0.290. The first kappa shape index (κ1) is 24.0. The van der Waals surface area contributed by atoms with Crippen LogP contribution in [0, 0.1) is 0 Å². The second-order valence-corrected chi connectivity index (χ2v) is 9.35. The van der Waals surface area contributed by atoms with Crippen LogP contribution in [0.5, 0.6) is 5.75 Å². The van der Waals surface area contributed by atoms with E-state index in [2.05, 4.69) is 0 Å². The fourth-order valence-corrected chi connectivity index (χ4v) is 4.99. The zero-order valence-electron chi connectivity index (χ0n) is 20.8. The van der Waals surface area contributed by atoms with E-state index in [4.69, 9.17) is 14.2 Å². The van der Waals surface area contributed by atoms with Gasteiger partial charge in [0.25, 0.3) is 11.8 Å². The number of methoxy groups -OCH3 is 1. The molecule has 2 amide bonds. The Morgan fingerprint density at radius 3 is 2.03 bits per heavy atom. The van der Waals surface area contributed by atoms with Gasteiger partial charge in [-0.15, -0.1) is 0 Å². The Kier molecular flexibility index (Phi) is 6.28. The maximum Gasteiger partial charge on any atom is 0.282 e. The molecule has 7 nitrogen and oxygen atoms in total. The summed E-state index contributed by atoms with van der Waals surface area (Å²) in [6.07, 6.45) is -1.29. The van der Waals surface area contributed by atoms with E-state index in [-0.39, 0.29) is 17.9 Å². The minimum absolute atomic E-state index is 0.200. The Labute approximate surface area is 211 Å². The molecule has 7 heteroatoms. The smallest absolute Gasteiger partial charge is 0.282 e. The first-order valence-electron chi connectivity index (χ1n) is 12.0. The highest BCUT2D eigenvalue weighted by Gasteiger charge is 2.57. The van der Waals surface area contributed by atoms with Crippen molar-refractivity contribution in [1.29, 1.82) is 0 Å². The van der Waals surface area contributed by atoms with E-state index in [0.717, 1.165) is 16.8 Å². The molecule has 2 aliphatic heterocycles. The van der Waals surface area contributed by atoms with Crippen LogP contribution in [0.1, 0.15) is 37.1 Å². The third-order valence-corrected chi connectivity index (χ3v) is 7.13. The second-order valence-electron chi connectivity index (χ2n) is 9.35. The summed E-state index contributed by atoms with van der Waals surface area (Å²) in [5.41, 5.74) is 2.58. The van der Waals surface area contributed by atoms with Crippen LogP contribution in [0.2, 0.25) is 0 Å². The molecule has 2 saturated heterocycles. The van der Waals surface area contributed by atoms with Crippen molar-refractivity contribution >= 4 is 17.5 Å². The molecule has 0 aromatic heterocycles. The number of likely N-dealkylation sites (N-methyl/N-ethyl adjacent to an activating group) is 1. The van der Waals surface area contributed by atoms with Gasteiger partial charge in [0.05, 0.1) is 19.2 Å². The van der Waals surface area contributed by atoms with Crippen LogP contribution >= 0.6 is 0 Å². The van der Waals surface area contributed by atoms with E-state index in [0.29, 0.717) is 5.75 Å². The number of carbonyl (C=O) groups is 2. The van der Waals surface area contributed by atoms with E-state index in [9.17, 15) is 9.59 Å². The van der Waals surface area contributed by atoms with Gasteiger partial charge < -0.3 is 19.1 Å². The molecule has 5 atom stereocenters. The fourth-order valence-electron chi connectivity index (χ4n) is 4.99. The average molecular weight is 487 g/mol. The van der Waals surface area contributed by atoms with Gasteiger partial charge in [0.15, 0.2) is 6.10 Å². The highest BCUT2D eigenvalue weighted by atomic mass is 16.7. The SMILES string of the molecule is COc1ccc(N2C(=O)[C@H](O[C@]3(C)O[C@H](c4ccccc4)[C@H](C)N(C)C3=O)[C@@H]2c2ccccc2)cc1. The quantitative estimate of drug-likeness (QED) is 0.480. The summed E-state index contributed by atoms with van der Waals surface area (Å²) in [5, 5.41) is 0. The second kappa shape index (κ2) is 9.41. The average Bonchev–Trinajstić information content (AvgIpc) is 2.92. The molecule has 5 rings (SSSR count). The van der Waals surface area contributed by atoms with Crippen molar-refractivity contribution in [3.63, 3.8) is 0 Å². The number of hydrogen-bond acceptors (Lipinski definition) is 5. The molecule has 0 unspecified atom stereocenters. The zero-order chi connectivity index (χ0) is 25.4. The van der Waals surface area contributed by atoms with Crippen LogP contribution in [0.15, 0.2) is 84.9 Å². The minimum atomic E-state index is -1.62. The lowest BCUT2D eigenvalue weighted by Crippen LogP contribution is -2.67. The monoisotopic (exact) mass is 486 g/mol. The number of nitrogens with zero attached hydrogens (tertiary/aromatic N) is 2. The summed E-state index contributed by atoms with van der Waals surface area (Å²) in [6.45, 7) is 3.56. The molecule has 2 fully saturated rings. The number of ether oxygens (including phenoxy) is 3. The van der Waals surface area contributed by atoms with Gasteiger partial charge >= 0.3 is 0 Å². The van der Waals surface area contributed by atoms with Crippen molar-refractivity contribution in [3.05, 3.63) is 96.1 Å². The van der Waals surface area contributed by atoms with Gasteiger partial charge in [0.2, 0.25) is 5.79 Å². The third-order valence-electron chi connectivity index (χ3n) is 7.13. The van der Waals surface area contributed by atoms with Gasteiger partial charge in [-0.3, -0.25) is 14.5 Å². The molecule has 3 aromatic carbocycles. The molecule has 36 heavy (non-hydrogen) atoms. The molecule has 0 aliphatic carbocycles. The molecule has 3 aromatic rings. The van der Waals surface area contributed by atoms with E-state index in [1.165, 1.54) is 0 Å². The van der Waals surface area contributed by atoms with Crippen molar-refractivity contribution < 1.29 is 23.8 Å². The largest absolute Gasteiger partial charge is 0.497 e. The third kappa shape index (κ3) is 4.04. The van der Waals surface area contributed by atoms with E-state index >= 15 is 0 Å². The molecule has 0 spiro atoms. The standard InChI is InChI=1S/C29H30N2O5/c1-19-25(21-13-9-6-10-14-21)35-29(2,28(33)30(19)3)36-26-24(20-11-7-5-8-12-20)31(27(26)32)22-15-17-23(34-4)18-16-22/h5-19,24-26H,1-4H3/t19-,24-,25-,26+,29-/m0/s1. The molecule has 0 bridgehead atoms.